The molecule has 0 heterocycles. The highest BCUT2D eigenvalue weighted by Gasteiger charge is 2.14. The molecule has 1 aromatic carbocycles. The van der Waals surface area contributed by atoms with Crippen molar-refractivity contribution in [2.75, 3.05) is 5.75 Å². The van der Waals surface area contributed by atoms with Gasteiger partial charge in [0.05, 0.1) is 5.75 Å². The highest BCUT2D eigenvalue weighted by molar-refractivity contribution is 9.10. The van der Waals surface area contributed by atoms with Gasteiger partial charge in [-0.2, -0.15) is 5.10 Å². The molecule has 20 heavy (non-hydrogen) atoms. The van der Waals surface area contributed by atoms with Gasteiger partial charge in [-0.15, -0.1) is 11.8 Å². The summed E-state index contributed by atoms with van der Waals surface area (Å²) < 4.78 is 1.06. The van der Waals surface area contributed by atoms with E-state index in [1.54, 1.807) is 11.8 Å². The summed E-state index contributed by atoms with van der Waals surface area (Å²) in [4.78, 5) is 11.7. The Kier molecular flexibility index (Phi) is 6.76. The van der Waals surface area contributed by atoms with Gasteiger partial charge in [-0.1, -0.05) is 48.8 Å². The largest absolute Gasteiger partial charge is 0.272 e. The van der Waals surface area contributed by atoms with E-state index in [-0.39, 0.29) is 11.3 Å². The van der Waals surface area contributed by atoms with E-state index >= 15 is 0 Å². The third-order valence-electron chi connectivity index (χ3n) is 2.82. The van der Waals surface area contributed by atoms with Crippen molar-refractivity contribution in [3.63, 3.8) is 0 Å². The summed E-state index contributed by atoms with van der Waals surface area (Å²) in [5, 5.41) is 4.13. The molecule has 0 bridgehead atoms. The smallest absolute Gasteiger partial charge is 0.250 e. The second-order valence-electron chi connectivity index (χ2n) is 5.60. The number of nitrogens with zero attached hydrogens (tertiary/aromatic N) is 1. The second kappa shape index (κ2) is 7.84. The van der Waals surface area contributed by atoms with Crippen molar-refractivity contribution in [2.45, 2.75) is 33.4 Å². The summed E-state index contributed by atoms with van der Waals surface area (Å²) in [6.45, 7) is 8.13. The Morgan fingerprint density at radius 1 is 1.40 bits per heavy atom. The van der Waals surface area contributed by atoms with E-state index in [2.05, 4.69) is 59.4 Å². The van der Waals surface area contributed by atoms with Crippen LogP contribution in [0.4, 0.5) is 0 Å². The fourth-order valence-electron chi connectivity index (χ4n) is 1.23. The van der Waals surface area contributed by atoms with E-state index in [0.29, 0.717) is 5.75 Å². The third kappa shape index (κ3) is 6.57. The molecule has 1 N–H and O–H groups in total. The maximum atomic E-state index is 11.7. The minimum absolute atomic E-state index is 0.0171. The number of benzene rings is 1. The Morgan fingerprint density at radius 3 is 2.70 bits per heavy atom. The number of nitrogens with one attached hydrogen (secondary N) is 1. The van der Waals surface area contributed by atoms with Gasteiger partial charge >= 0.3 is 0 Å². The molecule has 0 atom stereocenters. The lowest BCUT2D eigenvalue weighted by Gasteiger charge is -2.17. The summed E-state index contributed by atoms with van der Waals surface area (Å²) in [6.07, 6.45) is 0. The van der Waals surface area contributed by atoms with Crippen LogP contribution in [-0.2, 0) is 10.5 Å². The summed E-state index contributed by atoms with van der Waals surface area (Å²) in [6, 6.07) is 8.10. The molecule has 3 nitrogen and oxygen atoms in total. The lowest BCUT2D eigenvalue weighted by molar-refractivity contribution is -0.118. The summed E-state index contributed by atoms with van der Waals surface area (Å²) in [5.74, 6) is 1.16. The molecular formula is C15H21BrN2OS. The van der Waals surface area contributed by atoms with Gasteiger partial charge in [-0.25, -0.2) is 5.43 Å². The zero-order valence-corrected chi connectivity index (χ0v) is 14.8. The Bertz CT molecular complexity index is 495. The Morgan fingerprint density at radius 2 is 2.10 bits per heavy atom. The van der Waals surface area contributed by atoms with Crippen molar-refractivity contribution in [3.05, 3.63) is 34.3 Å². The first-order valence-electron chi connectivity index (χ1n) is 6.45. The first kappa shape index (κ1) is 17.2. The first-order valence-corrected chi connectivity index (χ1v) is 8.39. The normalized spacial score (nSPS) is 12.3. The minimum atomic E-state index is -0.0615. The van der Waals surface area contributed by atoms with Crippen LogP contribution in [0, 0.1) is 5.41 Å². The van der Waals surface area contributed by atoms with Gasteiger partial charge in [0.1, 0.15) is 0 Å². The number of halogens is 1. The van der Waals surface area contributed by atoms with Gasteiger partial charge < -0.3 is 0 Å². The number of thioether (sulfide) groups is 1. The van der Waals surface area contributed by atoms with Crippen LogP contribution in [0.3, 0.4) is 0 Å². The molecule has 0 radical (unpaired) electrons. The third-order valence-corrected chi connectivity index (χ3v) is 4.32. The Hall–Kier alpha value is -0.810. The van der Waals surface area contributed by atoms with E-state index in [4.69, 9.17) is 0 Å². The number of hydrogen-bond donors (Lipinski definition) is 1. The second-order valence-corrected chi connectivity index (χ2v) is 7.51. The van der Waals surface area contributed by atoms with Crippen molar-refractivity contribution in [3.8, 4) is 0 Å². The quantitative estimate of drug-likeness (QED) is 0.633. The standard InChI is InChI=1S/C15H21BrN2OS/c1-11(15(2,3)4)17-18-14(19)10-20-9-12-6-5-7-13(16)8-12/h5-8H,9-10H2,1-4H3,(H,18,19)/b17-11-. The summed E-state index contributed by atoms with van der Waals surface area (Å²) in [7, 11) is 0. The fraction of sp³-hybridized carbons (Fsp3) is 0.467. The van der Waals surface area contributed by atoms with E-state index < -0.39 is 0 Å². The molecule has 0 aromatic heterocycles. The first-order chi connectivity index (χ1) is 9.29. The van der Waals surface area contributed by atoms with Crippen LogP contribution >= 0.6 is 27.7 Å². The van der Waals surface area contributed by atoms with Crippen molar-refractivity contribution in [1.82, 2.24) is 5.43 Å². The highest BCUT2D eigenvalue weighted by atomic mass is 79.9. The Labute approximate surface area is 133 Å². The molecule has 1 aromatic rings. The van der Waals surface area contributed by atoms with Crippen LogP contribution in [-0.4, -0.2) is 17.4 Å². The monoisotopic (exact) mass is 356 g/mol. The predicted molar refractivity (Wildman–Crippen MR) is 91.0 cm³/mol. The fourth-order valence-corrected chi connectivity index (χ4v) is 2.45. The SMILES string of the molecule is C/C(=N/NC(=O)CSCc1cccc(Br)c1)C(C)(C)C. The maximum Gasteiger partial charge on any atom is 0.250 e. The average Bonchev–Trinajstić information content (AvgIpc) is 2.35. The summed E-state index contributed by atoms with van der Waals surface area (Å²) in [5.41, 5.74) is 4.71. The molecule has 0 unspecified atom stereocenters. The average molecular weight is 357 g/mol. The molecule has 0 saturated heterocycles. The van der Waals surface area contributed by atoms with Crippen LogP contribution in [0.5, 0.6) is 0 Å². The highest BCUT2D eigenvalue weighted by Crippen LogP contribution is 2.17. The van der Waals surface area contributed by atoms with E-state index in [0.717, 1.165) is 15.9 Å². The van der Waals surface area contributed by atoms with Crippen molar-refractivity contribution in [2.24, 2.45) is 10.5 Å². The van der Waals surface area contributed by atoms with Gasteiger partial charge in [0.15, 0.2) is 0 Å². The predicted octanol–water partition coefficient (Wildman–Crippen LogP) is 4.22. The molecule has 5 heteroatoms. The van der Waals surface area contributed by atoms with Gasteiger partial charge in [-0.05, 0) is 24.6 Å². The van der Waals surface area contributed by atoms with Crippen molar-refractivity contribution in [1.29, 1.82) is 0 Å². The van der Waals surface area contributed by atoms with Crippen LogP contribution in [0.15, 0.2) is 33.8 Å². The lowest BCUT2D eigenvalue weighted by Crippen LogP contribution is -2.25. The zero-order valence-electron chi connectivity index (χ0n) is 12.4. The zero-order chi connectivity index (χ0) is 15.2. The molecule has 0 aliphatic carbocycles. The van der Waals surface area contributed by atoms with Gasteiger partial charge in [0.25, 0.3) is 0 Å². The molecule has 110 valence electrons. The molecule has 0 saturated carbocycles. The van der Waals surface area contributed by atoms with E-state index in [1.807, 2.05) is 19.1 Å². The number of carbonyl (C=O) groups is 1. The molecule has 0 aliphatic rings. The van der Waals surface area contributed by atoms with Crippen molar-refractivity contribution < 1.29 is 4.79 Å². The van der Waals surface area contributed by atoms with Crippen LogP contribution in [0.25, 0.3) is 0 Å². The van der Waals surface area contributed by atoms with Crippen LogP contribution < -0.4 is 5.43 Å². The molecule has 1 rings (SSSR count). The van der Waals surface area contributed by atoms with Gasteiger partial charge in [0.2, 0.25) is 5.91 Å². The number of rotatable bonds is 5. The number of carbonyl (C=O) groups excluding carboxylic acids is 1. The van der Waals surface area contributed by atoms with E-state index in [9.17, 15) is 4.79 Å². The van der Waals surface area contributed by atoms with Gasteiger partial charge in [0, 0.05) is 21.4 Å². The minimum Gasteiger partial charge on any atom is -0.272 e. The maximum absolute atomic E-state index is 11.7. The lowest BCUT2D eigenvalue weighted by atomic mass is 9.91. The number of hydrogen-bond acceptors (Lipinski definition) is 3. The van der Waals surface area contributed by atoms with Crippen LogP contribution in [0.2, 0.25) is 0 Å². The molecule has 0 spiro atoms. The van der Waals surface area contributed by atoms with Crippen LogP contribution in [0.1, 0.15) is 33.3 Å². The molecule has 1 amide bonds. The Balaban J connectivity index is 2.34. The van der Waals surface area contributed by atoms with Gasteiger partial charge in [-0.3, -0.25) is 4.79 Å². The van der Waals surface area contributed by atoms with Crippen molar-refractivity contribution >= 4 is 39.3 Å². The van der Waals surface area contributed by atoms with E-state index in [1.165, 1.54) is 5.56 Å². The topological polar surface area (TPSA) is 41.5 Å². The number of amides is 1. The molecule has 0 fully saturated rings. The molecule has 0 aliphatic heterocycles. The number of hydrazone groups is 1. The summed E-state index contributed by atoms with van der Waals surface area (Å²) >= 11 is 5.02. The molecular weight excluding hydrogens is 336 g/mol.